The Bertz CT molecular complexity index is 1110. The largest absolute Gasteiger partial charge is 0.375 e. The van der Waals surface area contributed by atoms with Crippen LogP contribution in [0.25, 0.3) is 22.6 Å². The second kappa shape index (κ2) is 10.8. The summed E-state index contributed by atoms with van der Waals surface area (Å²) in [5.41, 5.74) is 2.14. The van der Waals surface area contributed by atoms with E-state index in [4.69, 9.17) is 9.72 Å². The number of amides is 1. The summed E-state index contributed by atoms with van der Waals surface area (Å²) in [6, 6.07) is -0.402. The van der Waals surface area contributed by atoms with E-state index in [9.17, 15) is 4.79 Å². The number of nitrogens with one attached hydrogen (secondary N) is 1. The number of anilines is 1. The van der Waals surface area contributed by atoms with E-state index in [1.807, 2.05) is 37.2 Å². The second-order valence-electron chi connectivity index (χ2n) is 7.66. The topological polar surface area (TPSA) is 111 Å². The van der Waals surface area contributed by atoms with Crippen LogP contribution in [-0.4, -0.2) is 72.1 Å². The zero-order chi connectivity index (χ0) is 24.0. The molecule has 1 aliphatic rings. The van der Waals surface area contributed by atoms with E-state index in [0.717, 1.165) is 11.4 Å². The van der Waals surface area contributed by atoms with Crippen LogP contribution in [0, 0.1) is 19.8 Å². The van der Waals surface area contributed by atoms with Gasteiger partial charge in [0.15, 0.2) is 17.0 Å². The molecule has 33 heavy (non-hydrogen) atoms. The summed E-state index contributed by atoms with van der Waals surface area (Å²) in [6.07, 6.45) is 13.7. The van der Waals surface area contributed by atoms with E-state index in [-0.39, 0.29) is 12.0 Å². The lowest BCUT2D eigenvalue weighted by Gasteiger charge is -2.33. The molecule has 3 aromatic rings. The zero-order valence-corrected chi connectivity index (χ0v) is 19.5. The van der Waals surface area contributed by atoms with E-state index in [2.05, 4.69) is 38.1 Å². The monoisotopic (exact) mass is 450 g/mol. The molecule has 0 saturated carbocycles. The number of terminal acetylenes is 1. The molecular weight excluding hydrogens is 420 g/mol. The lowest BCUT2D eigenvalue weighted by Crippen LogP contribution is -2.50. The maximum Gasteiger partial charge on any atom is 0.245 e. The van der Waals surface area contributed by atoms with E-state index in [1.54, 1.807) is 12.4 Å². The number of imidazole rings is 1. The highest BCUT2D eigenvalue weighted by molar-refractivity contribution is 5.90. The van der Waals surface area contributed by atoms with Gasteiger partial charge in [-0.3, -0.25) is 4.79 Å². The Kier molecular flexibility index (Phi) is 7.90. The number of fused-ring (bicyclic) bond motifs is 1. The molecule has 1 fully saturated rings. The van der Waals surface area contributed by atoms with Gasteiger partial charge in [0.2, 0.25) is 5.91 Å². The van der Waals surface area contributed by atoms with Crippen LogP contribution < -0.4 is 5.32 Å². The van der Waals surface area contributed by atoms with Crippen LogP contribution in [0.4, 0.5) is 5.82 Å². The first-order valence-corrected chi connectivity index (χ1v) is 11.0. The fraction of sp³-hybridized carbons (Fsp3) is 0.478. The number of carbonyl (C=O) groups is 1. The Balaban J connectivity index is 0.00000149. The number of aryl methyl sites for hydroxylation is 2. The fourth-order valence-corrected chi connectivity index (χ4v) is 3.81. The maximum absolute atomic E-state index is 13.1. The highest BCUT2D eigenvalue weighted by Gasteiger charge is 2.28. The lowest BCUT2D eigenvalue weighted by atomic mass is 10.1. The zero-order valence-electron chi connectivity index (χ0n) is 19.5. The van der Waals surface area contributed by atoms with Crippen LogP contribution in [-0.2, 0) is 16.1 Å². The Morgan fingerprint density at radius 2 is 1.97 bits per heavy atom. The molecule has 3 aromatic heterocycles. The van der Waals surface area contributed by atoms with Crippen LogP contribution in [0.15, 0.2) is 18.7 Å². The van der Waals surface area contributed by atoms with E-state index in [0.29, 0.717) is 55.5 Å². The van der Waals surface area contributed by atoms with Gasteiger partial charge < -0.3 is 19.5 Å². The summed E-state index contributed by atoms with van der Waals surface area (Å²) >= 11 is 0. The molecule has 4 heterocycles. The molecule has 1 saturated heterocycles. The highest BCUT2D eigenvalue weighted by Crippen LogP contribution is 2.27. The summed E-state index contributed by atoms with van der Waals surface area (Å²) in [7, 11) is 0. The van der Waals surface area contributed by atoms with Crippen LogP contribution >= 0.6 is 0 Å². The Morgan fingerprint density at radius 3 is 2.61 bits per heavy atom. The lowest BCUT2D eigenvalue weighted by molar-refractivity contribution is -0.139. The molecule has 0 radical (unpaired) electrons. The van der Waals surface area contributed by atoms with Gasteiger partial charge in [-0.05, 0) is 27.2 Å². The summed E-state index contributed by atoms with van der Waals surface area (Å²) in [5.74, 6) is 2.02. The standard InChI is InChI=1S/C21H28N8O2.C2H2/c1-5-16(21(30)28-7-8-31-13(3)11-28)26-18-17-20(25-12-24-18)29(6-2)19(27-17)15-9-22-14(4)23-10-15;1-2/h9-10,12-13,16H,5-8,11H2,1-4H3,(H,24,25,26);1-2H/t13-,16-;/m0./s1. The molecule has 1 amide bonds. The van der Waals surface area contributed by atoms with Gasteiger partial charge in [0, 0.05) is 32.0 Å². The minimum atomic E-state index is -0.402. The predicted octanol–water partition coefficient (Wildman–Crippen LogP) is 2.30. The molecular formula is C23H30N8O2. The smallest absolute Gasteiger partial charge is 0.245 e. The molecule has 174 valence electrons. The first-order valence-electron chi connectivity index (χ1n) is 11.0. The van der Waals surface area contributed by atoms with E-state index >= 15 is 0 Å². The average Bonchev–Trinajstić information content (AvgIpc) is 3.23. The van der Waals surface area contributed by atoms with Gasteiger partial charge >= 0.3 is 0 Å². The molecule has 2 atom stereocenters. The molecule has 0 aliphatic carbocycles. The summed E-state index contributed by atoms with van der Waals surface area (Å²) in [6.45, 7) is 10.3. The molecule has 1 aliphatic heterocycles. The third-order valence-electron chi connectivity index (χ3n) is 5.46. The third-order valence-corrected chi connectivity index (χ3v) is 5.46. The number of aromatic nitrogens is 6. The number of rotatable bonds is 6. The number of hydrogen-bond donors (Lipinski definition) is 1. The van der Waals surface area contributed by atoms with Crippen LogP contribution in [0.5, 0.6) is 0 Å². The molecule has 0 bridgehead atoms. The average molecular weight is 451 g/mol. The fourth-order valence-electron chi connectivity index (χ4n) is 3.81. The van der Waals surface area contributed by atoms with E-state index < -0.39 is 6.04 Å². The molecule has 10 heteroatoms. The number of ether oxygens (including phenoxy) is 1. The van der Waals surface area contributed by atoms with Gasteiger partial charge in [-0.2, -0.15) is 0 Å². The minimum Gasteiger partial charge on any atom is -0.375 e. The van der Waals surface area contributed by atoms with Crippen molar-refractivity contribution in [3.05, 3.63) is 24.5 Å². The number of hydrogen-bond acceptors (Lipinski definition) is 8. The normalized spacial score (nSPS) is 16.7. The number of carbonyl (C=O) groups excluding carboxylic acids is 1. The van der Waals surface area contributed by atoms with Gasteiger partial charge in [-0.25, -0.2) is 24.9 Å². The highest BCUT2D eigenvalue weighted by atomic mass is 16.5. The SMILES string of the molecule is C#C.CC[C@H](Nc1ncnc2c1nc(-c1cnc(C)nc1)n2CC)C(=O)N1CCO[C@@H](C)C1. The first-order chi connectivity index (χ1) is 16.0. The molecule has 0 spiro atoms. The Hall–Kier alpha value is -3.58. The molecule has 10 nitrogen and oxygen atoms in total. The van der Waals surface area contributed by atoms with Crippen molar-refractivity contribution in [3.63, 3.8) is 0 Å². The van der Waals surface area contributed by atoms with Gasteiger partial charge in [-0.1, -0.05) is 6.92 Å². The van der Waals surface area contributed by atoms with Gasteiger partial charge in [-0.15, -0.1) is 12.8 Å². The molecule has 1 N–H and O–H groups in total. The van der Waals surface area contributed by atoms with Crippen molar-refractivity contribution in [1.82, 2.24) is 34.4 Å². The first kappa shape index (κ1) is 24.1. The van der Waals surface area contributed by atoms with Crippen molar-refractivity contribution < 1.29 is 9.53 Å². The van der Waals surface area contributed by atoms with E-state index in [1.165, 1.54) is 6.33 Å². The second-order valence-corrected chi connectivity index (χ2v) is 7.66. The Labute approximate surface area is 193 Å². The van der Waals surface area contributed by atoms with Crippen molar-refractivity contribution in [2.45, 2.75) is 52.8 Å². The molecule has 0 aromatic carbocycles. The summed E-state index contributed by atoms with van der Waals surface area (Å²) in [5, 5.41) is 3.32. The van der Waals surface area contributed by atoms with Crippen molar-refractivity contribution >= 4 is 22.9 Å². The quantitative estimate of drug-likeness (QED) is 0.570. The van der Waals surface area contributed by atoms with Gasteiger partial charge in [0.1, 0.15) is 24.0 Å². The Morgan fingerprint density at radius 1 is 1.24 bits per heavy atom. The van der Waals surface area contributed by atoms with Crippen LogP contribution in [0.3, 0.4) is 0 Å². The van der Waals surface area contributed by atoms with Crippen molar-refractivity contribution in [3.8, 4) is 24.2 Å². The number of morpholine rings is 1. The number of nitrogens with zero attached hydrogens (tertiary/aromatic N) is 7. The maximum atomic E-state index is 13.1. The van der Waals surface area contributed by atoms with Gasteiger partial charge in [0.25, 0.3) is 0 Å². The van der Waals surface area contributed by atoms with Crippen molar-refractivity contribution in [1.29, 1.82) is 0 Å². The minimum absolute atomic E-state index is 0.0421. The summed E-state index contributed by atoms with van der Waals surface area (Å²) < 4.78 is 7.57. The summed E-state index contributed by atoms with van der Waals surface area (Å²) in [4.78, 5) is 37.2. The molecule has 4 rings (SSSR count). The van der Waals surface area contributed by atoms with Gasteiger partial charge in [0.05, 0.1) is 18.3 Å². The van der Waals surface area contributed by atoms with Crippen molar-refractivity contribution in [2.24, 2.45) is 0 Å². The van der Waals surface area contributed by atoms with Crippen molar-refractivity contribution in [2.75, 3.05) is 25.0 Å². The molecule has 0 unspecified atom stereocenters. The predicted molar refractivity (Wildman–Crippen MR) is 126 cm³/mol. The third kappa shape index (κ3) is 5.09. The van der Waals surface area contributed by atoms with Crippen LogP contribution in [0.2, 0.25) is 0 Å². The van der Waals surface area contributed by atoms with Crippen LogP contribution in [0.1, 0.15) is 33.0 Å².